The van der Waals surface area contributed by atoms with Crippen LogP contribution in [-0.2, 0) is 13.1 Å². The van der Waals surface area contributed by atoms with Gasteiger partial charge in [0.2, 0.25) is 6.79 Å². The minimum atomic E-state index is -0.182. The third-order valence-corrected chi connectivity index (χ3v) is 5.30. The van der Waals surface area contributed by atoms with E-state index >= 15 is 0 Å². The van der Waals surface area contributed by atoms with Gasteiger partial charge in [0.25, 0.3) is 5.91 Å². The van der Waals surface area contributed by atoms with Crippen molar-refractivity contribution in [1.29, 1.82) is 0 Å². The lowest BCUT2D eigenvalue weighted by Crippen LogP contribution is -2.25. The summed E-state index contributed by atoms with van der Waals surface area (Å²) in [6, 6.07) is 17.0. The predicted octanol–water partition coefficient (Wildman–Crippen LogP) is 4.90. The molecule has 0 atom stereocenters. The number of nitrogens with one attached hydrogen (secondary N) is 1. The van der Waals surface area contributed by atoms with Gasteiger partial charge in [-0.25, -0.2) is 0 Å². The van der Waals surface area contributed by atoms with Crippen molar-refractivity contribution >= 4 is 28.6 Å². The molecule has 7 heteroatoms. The number of rotatable bonds is 5. The second kappa shape index (κ2) is 7.46. The molecule has 2 aromatic heterocycles. The van der Waals surface area contributed by atoms with E-state index in [1.54, 1.807) is 6.07 Å². The van der Waals surface area contributed by atoms with Gasteiger partial charge in [0.05, 0.1) is 5.52 Å². The fourth-order valence-corrected chi connectivity index (χ4v) is 3.88. The SMILES string of the molecule is Cc1cc2c(cc(C(=O)NCc3ccc4c(c3)OCO4)n2Cc2cccc(Cl)c2)o1. The van der Waals surface area contributed by atoms with E-state index in [9.17, 15) is 4.79 Å². The summed E-state index contributed by atoms with van der Waals surface area (Å²) in [5.74, 6) is 2.03. The lowest BCUT2D eigenvalue weighted by Gasteiger charge is -2.11. The number of fused-ring (bicyclic) bond motifs is 2. The first kappa shape index (κ1) is 18.6. The molecule has 4 aromatic rings. The van der Waals surface area contributed by atoms with Gasteiger partial charge in [-0.05, 0) is 42.3 Å². The molecule has 1 N–H and O–H groups in total. The number of halogens is 1. The molecule has 0 saturated carbocycles. The third-order valence-electron chi connectivity index (χ3n) is 5.07. The van der Waals surface area contributed by atoms with Crippen LogP contribution >= 0.6 is 11.6 Å². The van der Waals surface area contributed by atoms with Gasteiger partial charge in [-0.15, -0.1) is 0 Å². The maximum Gasteiger partial charge on any atom is 0.268 e. The smallest absolute Gasteiger partial charge is 0.268 e. The zero-order valence-electron chi connectivity index (χ0n) is 16.3. The van der Waals surface area contributed by atoms with E-state index in [-0.39, 0.29) is 12.7 Å². The molecule has 0 aliphatic carbocycles. The number of aromatic nitrogens is 1. The van der Waals surface area contributed by atoms with Crippen LogP contribution in [0.4, 0.5) is 0 Å². The number of amides is 1. The van der Waals surface area contributed by atoms with E-state index in [0.29, 0.717) is 35.1 Å². The summed E-state index contributed by atoms with van der Waals surface area (Å²) in [5, 5.41) is 3.65. The second-order valence-electron chi connectivity index (χ2n) is 7.22. The van der Waals surface area contributed by atoms with Crippen LogP contribution in [0.5, 0.6) is 11.5 Å². The van der Waals surface area contributed by atoms with Gasteiger partial charge in [0, 0.05) is 30.2 Å². The van der Waals surface area contributed by atoms with Crippen LogP contribution in [0.2, 0.25) is 5.02 Å². The van der Waals surface area contributed by atoms with Crippen LogP contribution in [0.3, 0.4) is 0 Å². The number of carbonyl (C=O) groups is 1. The standard InChI is InChI=1S/C23H19ClN2O4/c1-14-7-18-21(30-14)10-19(26(18)12-16-3-2-4-17(24)8-16)23(27)25-11-15-5-6-20-22(9-15)29-13-28-20/h2-10H,11-13H2,1H3,(H,25,27). The van der Waals surface area contributed by atoms with E-state index in [1.807, 2.05) is 60.0 Å². The molecule has 0 fully saturated rings. The van der Waals surface area contributed by atoms with Crippen molar-refractivity contribution in [3.63, 3.8) is 0 Å². The molecule has 0 unspecified atom stereocenters. The van der Waals surface area contributed by atoms with Gasteiger partial charge in [-0.3, -0.25) is 4.79 Å². The van der Waals surface area contributed by atoms with Crippen molar-refractivity contribution in [1.82, 2.24) is 9.88 Å². The average Bonchev–Trinajstić information content (AvgIpc) is 3.41. The maximum absolute atomic E-state index is 13.0. The van der Waals surface area contributed by atoms with E-state index in [0.717, 1.165) is 28.2 Å². The van der Waals surface area contributed by atoms with Crippen LogP contribution < -0.4 is 14.8 Å². The van der Waals surface area contributed by atoms with E-state index in [2.05, 4.69) is 5.32 Å². The normalized spacial score (nSPS) is 12.5. The molecule has 30 heavy (non-hydrogen) atoms. The molecule has 5 rings (SSSR count). The Kier molecular flexibility index (Phi) is 4.64. The van der Waals surface area contributed by atoms with Crippen LogP contribution in [0.1, 0.15) is 27.4 Å². The van der Waals surface area contributed by atoms with Gasteiger partial charge < -0.3 is 23.8 Å². The summed E-state index contributed by atoms with van der Waals surface area (Å²) in [6.45, 7) is 3.00. The van der Waals surface area contributed by atoms with E-state index < -0.39 is 0 Å². The quantitative estimate of drug-likeness (QED) is 0.496. The first-order valence-corrected chi connectivity index (χ1v) is 9.95. The maximum atomic E-state index is 13.0. The molecular formula is C23H19ClN2O4. The molecular weight excluding hydrogens is 404 g/mol. The lowest BCUT2D eigenvalue weighted by molar-refractivity contribution is 0.0942. The second-order valence-corrected chi connectivity index (χ2v) is 7.66. The fraction of sp³-hybridized carbons (Fsp3) is 0.174. The van der Waals surface area contributed by atoms with Crippen molar-refractivity contribution < 1.29 is 18.7 Å². The Hall–Kier alpha value is -3.38. The van der Waals surface area contributed by atoms with Crippen LogP contribution in [0.15, 0.2) is 59.0 Å². The number of ether oxygens (including phenoxy) is 2. The Bertz CT molecular complexity index is 1260. The topological polar surface area (TPSA) is 65.6 Å². The molecule has 0 saturated heterocycles. The summed E-state index contributed by atoms with van der Waals surface area (Å²) in [5.41, 5.74) is 4.02. The Morgan fingerprint density at radius 3 is 2.80 bits per heavy atom. The number of benzene rings is 2. The van der Waals surface area contributed by atoms with Crippen molar-refractivity contribution in [2.24, 2.45) is 0 Å². The number of hydrogen-bond donors (Lipinski definition) is 1. The first-order valence-electron chi connectivity index (χ1n) is 9.58. The number of aryl methyl sites for hydroxylation is 1. The Balaban J connectivity index is 1.41. The highest BCUT2D eigenvalue weighted by Crippen LogP contribution is 2.32. The van der Waals surface area contributed by atoms with Crippen LogP contribution in [-0.4, -0.2) is 17.3 Å². The number of hydrogen-bond acceptors (Lipinski definition) is 4. The molecule has 0 radical (unpaired) electrons. The highest BCUT2D eigenvalue weighted by molar-refractivity contribution is 6.30. The molecule has 1 aliphatic rings. The van der Waals surface area contributed by atoms with Crippen molar-refractivity contribution in [3.8, 4) is 11.5 Å². The highest BCUT2D eigenvalue weighted by Gasteiger charge is 2.19. The molecule has 0 bridgehead atoms. The van der Waals surface area contributed by atoms with Gasteiger partial charge in [0.15, 0.2) is 17.1 Å². The Morgan fingerprint density at radius 1 is 1.07 bits per heavy atom. The van der Waals surface area contributed by atoms with Crippen molar-refractivity contribution in [2.75, 3.05) is 6.79 Å². The summed E-state index contributed by atoms with van der Waals surface area (Å²) in [7, 11) is 0. The molecule has 6 nitrogen and oxygen atoms in total. The van der Waals surface area contributed by atoms with E-state index in [1.165, 1.54) is 0 Å². The molecule has 1 aliphatic heterocycles. The number of furan rings is 1. The van der Waals surface area contributed by atoms with E-state index in [4.69, 9.17) is 25.5 Å². The third kappa shape index (κ3) is 3.50. The van der Waals surface area contributed by atoms with Crippen molar-refractivity contribution in [3.05, 3.63) is 82.2 Å². The molecule has 2 aromatic carbocycles. The Labute approximate surface area is 178 Å². The summed E-state index contributed by atoms with van der Waals surface area (Å²) in [6.07, 6.45) is 0. The first-order chi connectivity index (χ1) is 14.6. The largest absolute Gasteiger partial charge is 0.460 e. The number of carbonyl (C=O) groups excluding carboxylic acids is 1. The molecule has 3 heterocycles. The lowest BCUT2D eigenvalue weighted by atomic mass is 10.2. The molecule has 152 valence electrons. The zero-order valence-corrected chi connectivity index (χ0v) is 17.0. The summed E-state index contributed by atoms with van der Waals surface area (Å²) < 4.78 is 18.4. The fourth-order valence-electron chi connectivity index (χ4n) is 3.67. The van der Waals surface area contributed by atoms with Gasteiger partial charge in [0.1, 0.15) is 11.5 Å². The highest BCUT2D eigenvalue weighted by atomic mass is 35.5. The van der Waals surface area contributed by atoms with Gasteiger partial charge in [-0.2, -0.15) is 0 Å². The van der Waals surface area contributed by atoms with Crippen molar-refractivity contribution in [2.45, 2.75) is 20.0 Å². The number of nitrogens with zero attached hydrogens (tertiary/aromatic N) is 1. The predicted molar refractivity (Wildman–Crippen MR) is 113 cm³/mol. The minimum absolute atomic E-state index is 0.182. The minimum Gasteiger partial charge on any atom is -0.460 e. The van der Waals surface area contributed by atoms with Crippen LogP contribution in [0, 0.1) is 6.92 Å². The van der Waals surface area contributed by atoms with Gasteiger partial charge >= 0.3 is 0 Å². The average molecular weight is 423 g/mol. The molecule has 1 amide bonds. The van der Waals surface area contributed by atoms with Crippen LogP contribution in [0.25, 0.3) is 11.1 Å². The monoisotopic (exact) mass is 422 g/mol. The summed E-state index contributed by atoms with van der Waals surface area (Å²) >= 11 is 6.14. The zero-order chi connectivity index (χ0) is 20.7. The summed E-state index contributed by atoms with van der Waals surface area (Å²) in [4.78, 5) is 13.0. The molecule has 0 spiro atoms. The van der Waals surface area contributed by atoms with Gasteiger partial charge in [-0.1, -0.05) is 29.8 Å². The Morgan fingerprint density at radius 2 is 1.93 bits per heavy atom.